The lowest BCUT2D eigenvalue weighted by atomic mass is 10.1. The summed E-state index contributed by atoms with van der Waals surface area (Å²) in [6.45, 7) is 4.30. The average Bonchev–Trinajstić information content (AvgIpc) is 2.06. The Morgan fingerprint density at radius 2 is 1.92 bits per heavy atom. The van der Waals surface area contributed by atoms with E-state index in [-0.39, 0.29) is 0 Å². The molecule has 0 aromatic heterocycles. The van der Waals surface area contributed by atoms with Crippen LogP contribution in [0.15, 0.2) is 12.7 Å². The Kier molecular flexibility index (Phi) is 8.02. The van der Waals surface area contributed by atoms with Crippen LogP contribution in [0.1, 0.15) is 38.5 Å². The Balaban J connectivity index is 3.15. The van der Waals surface area contributed by atoms with Crippen molar-refractivity contribution in [3.8, 4) is 0 Å². The van der Waals surface area contributed by atoms with E-state index in [4.69, 9.17) is 5.73 Å². The van der Waals surface area contributed by atoms with Crippen LogP contribution in [0.5, 0.6) is 0 Å². The Morgan fingerprint density at radius 3 is 2.50 bits per heavy atom. The van der Waals surface area contributed by atoms with Gasteiger partial charge in [0.15, 0.2) is 0 Å². The van der Waals surface area contributed by atoms with Crippen molar-refractivity contribution >= 4 is 5.78 Å². The van der Waals surface area contributed by atoms with Gasteiger partial charge in [0.1, 0.15) is 5.78 Å². The Morgan fingerprint density at radius 1 is 1.25 bits per heavy atom. The Labute approximate surface area is 74.8 Å². The highest BCUT2D eigenvalue weighted by atomic mass is 16.1. The molecule has 0 saturated carbocycles. The van der Waals surface area contributed by atoms with Crippen LogP contribution in [0.25, 0.3) is 0 Å². The van der Waals surface area contributed by atoms with Gasteiger partial charge in [-0.3, -0.25) is 4.79 Å². The number of allylic oxidation sites excluding steroid dienone is 1. The second kappa shape index (κ2) is 8.47. The summed E-state index contributed by atoms with van der Waals surface area (Å²) >= 11 is 0. The van der Waals surface area contributed by atoms with Crippen LogP contribution < -0.4 is 5.73 Å². The highest BCUT2D eigenvalue weighted by Crippen LogP contribution is 2.03. The Bertz CT molecular complexity index is 132. The van der Waals surface area contributed by atoms with Crippen molar-refractivity contribution in [2.24, 2.45) is 5.73 Å². The van der Waals surface area contributed by atoms with Gasteiger partial charge in [-0.05, 0) is 32.2 Å². The molecule has 0 fully saturated rings. The maximum Gasteiger partial charge on any atom is 0.132 e. The molecule has 0 atom stereocenters. The van der Waals surface area contributed by atoms with E-state index in [1.54, 1.807) is 0 Å². The first-order valence-electron chi connectivity index (χ1n) is 4.64. The molecule has 0 saturated heterocycles. The summed E-state index contributed by atoms with van der Waals surface area (Å²) in [7, 11) is 0. The number of carbonyl (C=O) groups excluding carboxylic acids is 1. The standard InChI is InChI=1S/C10H19NO/c1-2-3-4-7-10(12)8-5-6-9-11/h2H,1,3-9,11H2. The number of nitrogens with two attached hydrogens (primary N) is 1. The molecule has 0 aliphatic carbocycles. The van der Waals surface area contributed by atoms with Crippen LogP contribution in [-0.2, 0) is 4.79 Å². The summed E-state index contributed by atoms with van der Waals surface area (Å²) in [5, 5.41) is 0. The molecule has 70 valence electrons. The largest absolute Gasteiger partial charge is 0.330 e. The molecule has 0 aromatic carbocycles. The third-order valence-corrected chi connectivity index (χ3v) is 1.77. The molecule has 2 heteroatoms. The van der Waals surface area contributed by atoms with E-state index in [1.165, 1.54) is 0 Å². The molecule has 0 aliphatic rings. The summed E-state index contributed by atoms with van der Waals surface area (Å²) < 4.78 is 0. The van der Waals surface area contributed by atoms with Crippen LogP contribution >= 0.6 is 0 Å². The fourth-order valence-corrected chi connectivity index (χ4v) is 1.04. The number of unbranched alkanes of at least 4 members (excludes halogenated alkanes) is 2. The predicted octanol–water partition coefficient (Wildman–Crippen LogP) is 2.04. The summed E-state index contributed by atoms with van der Waals surface area (Å²) in [4.78, 5) is 11.1. The first kappa shape index (κ1) is 11.4. The molecule has 0 aliphatic heterocycles. The topological polar surface area (TPSA) is 43.1 Å². The van der Waals surface area contributed by atoms with Crippen molar-refractivity contribution in [1.82, 2.24) is 0 Å². The third kappa shape index (κ3) is 7.48. The van der Waals surface area contributed by atoms with E-state index >= 15 is 0 Å². The van der Waals surface area contributed by atoms with Crippen LogP contribution in [0.4, 0.5) is 0 Å². The molecule has 0 rings (SSSR count). The summed E-state index contributed by atoms with van der Waals surface area (Å²) in [6.07, 6.45) is 7.07. The van der Waals surface area contributed by atoms with Crippen molar-refractivity contribution < 1.29 is 4.79 Å². The highest BCUT2D eigenvalue weighted by Gasteiger charge is 1.99. The number of Topliss-reactive ketones (excluding diaryl/α,β-unsaturated/α-hetero) is 1. The molecule has 0 aromatic rings. The minimum atomic E-state index is 0.366. The zero-order chi connectivity index (χ0) is 9.23. The molecule has 0 heterocycles. The van der Waals surface area contributed by atoms with E-state index in [9.17, 15) is 4.79 Å². The molecular formula is C10H19NO. The normalized spacial score (nSPS) is 9.75. The number of hydrogen-bond donors (Lipinski definition) is 1. The van der Waals surface area contributed by atoms with Gasteiger partial charge in [-0.15, -0.1) is 6.58 Å². The second-order valence-corrected chi connectivity index (χ2v) is 2.97. The van der Waals surface area contributed by atoms with Gasteiger partial charge in [-0.25, -0.2) is 0 Å². The summed E-state index contributed by atoms with van der Waals surface area (Å²) in [6, 6.07) is 0. The fraction of sp³-hybridized carbons (Fsp3) is 0.700. The van der Waals surface area contributed by atoms with Crippen molar-refractivity contribution in [3.63, 3.8) is 0 Å². The van der Waals surface area contributed by atoms with Crippen molar-refractivity contribution in [1.29, 1.82) is 0 Å². The summed E-state index contributed by atoms with van der Waals surface area (Å²) in [5.41, 5.74) is 5.31. The predicted molar refractivity (Wildman–Crippen MR) is 52.0 cm³/mol. The van der Waals surface area contributed by atoms with E-state index < -0.39 is 0 Å². The van der Waals surface area contributed by atoms with Crippen LogP contribution in [0.3, 0.4) is 0 Å². The highest BCUT2D eigenvalue weighted by molar-refractivity contribution is 5.78. The minimum Gasteiger partial charge on any atom is -0.330 e. The molecule has 0 radical (unpaired) electrons. The molecule has 0 unspecified atom stereocenters. The van der Waals surface area contributed by atoms with E-state index in [0.717, 1.165) is 25.7 Å². The SMILES string of the molecule is C=CCCCC(=O)CCCCN. The molecule has 12 heavy (non-hydrogen) atoms. The molecular weight excluding hydrogens is 150 g/mol. The van der Waals surface area contributed by atoms with Crippen LogP contribution in [0.2, 0.25) is 0 Å². The third-order valence-electron chi connectivity index (χ3n) is 1.77. The molecule has 2 N–H and O–H groups in total. The van der Waals surface area contributed by atoms with Gasteiger partial charge < -0.3 is 5.73 Å². The smallest absolute Gasteiger partial charge is 0.132 e. The first-order chi connectivity index (χ1) is 5.81. The molecule has 0 spiro atoms. The second-order valence-electron chi connectivity index (χ2n) is 2.97. The zero-order valence-corrected chi connectivity index (χ0v) is 7.72. The number of hydrogen-bond acceptors (Lipinski definition) is 2. The zero-order valence-electron chi connectivity index (χ0n) is 7.72. The van der Waals surface area contributed by atoms with Crippen molar-refractivity contribution in [2.45, 2.75) is 38.5 Å². The van der Waals surface area contributed by atoms with Gasteiger partial charge in [-0.2, -0.15) is 0 Å². The van der Waals surface area contributed by atoms with Crippen molar-refractivity contribution in [3.05, 3.63) is 12.7 Å². The van der Waals surface area contributed by atoms with Gasteiger partial charge in [-0.1, -0.05) is 6.08 Å². The van der Waals surface area contributed by atoms with Crippen LogP contribution in [0, 0.1) is 0 Å². The first-order valence-corrected chi connectivity index (χ1v) is 4.64. The van der Waals surface area contributed by atoms with Gasteiger partial charge in [0.25, 0.3) is 0 Å². The van der Waals surface area contributed by atoms with E-state index in [0.29, 0.717) is 25.2 Å². The Hall–Kier alpha value is -0.630. The quantitative estimate of drug-likeness (QED) is 0.446. The number of carbonyl (C=O) groups is 1. The van der Waals surface area contributed by atoms with Crippen LogP contribution in [-0.4, -0.2) is 12.3 Å². The number of ketones is 1. The lowest BCUT2D eigenvalue weighted by molar-refractivity contribution is -0.119. The van der Waals surface area contributed by atoms with Gasteiger partial charge in [0, 0.05) is 12.8 Å². The van der Waals surface area contributed by atoms with E-state index in [2.05, 4.69) is 6.58 Å². The maximum atomic E-state index is 11.1. The van der Waals surface area contributed by atoms with Crippen molar-refractivity contribution in [2.75, 3.05) is 6.54 Å². The fourth-order valence-electron chi connectivity index (χ4n) is 1.04. The number of rotatable bonds is 8. The van der Waals surface area contributed by atoms with Gasteiger partial charge in [0.2, 0.25) is 0 Å². The molecule has 2 nitrogen and oxygen atoms in total. The lowest BCUT2D eigenvalue weighted by Gasteiger charge is -1.98. The average molecular weight is 169 g/mol. The monoisotopic (exact) mass is 169 g/mol. The minimum absolute atomic E-state index is 0.366. The van der Waals surface area contributed by atoms with E-state index in [1.807, 2.05) is 6.08 Å². The lowest BCUT2D eigenvalue weighted by Crippen LogP contribution is -2.02. The van der Waals surface area contributed by atoms with Gasteiger partial charge in [0.05, 0.1) is 0 Å². The molecule has 0 bridgehead atoms. The van der Waals surface area contributed by atoms with Gasteiger partial charge >= 0.3 is 0 Å². The summed E-state index contributed by atoms with van der Waals surface area (Å²) in [5.74, 6) is 0.366. The maximum absolute atomic E-state index is 11.1. The molecule has 0 amide bonds.